The van der Waals surface area contributed by atoms with Gasteiger partial charge in [0.15, 0.2) is 11.6 Å². The van der Waals surface area contributed by atoms with E-state index in [9.17, 15) is 14.7 Å². The number of benzene rings is 2. The van der Waals surface area contributed by atoms with Gasteiger partial charge < -0.3 is 14.9 Å². The summed E-state index contributed by atoms with van der Waals surface area (Å²) < 4.78 is 0. The Morgan fingerprint density at radius 2 is 1.32 bits per heavy atom. The van der Waals surface area contributed by atoms with Gasteiger partial charge in [0.25, 0.3) is 0 Å². The van der Waals surface area contributed by atoms with Gasteiger partial charge in [-0.15, -0.1) is 0 Å². The molecule has 0 saturated heterocycles. The van der Waals surface area contributed by atoms with Crippen LogP contribution in [0.1, 0.15) is 38.8 Å². The third-order valence-corrected chi connectivity index (χ3v) is 4.76. The van der Waals surface area contributed by atoms with Crippen molar-refractivity contribution in [3.63, 3.8) is 0 Å². The monoisotopic (exact) mass is 338 g/mol. The molecule has 5 heteroatoms. The number of ketones is 2. The van der Waals surface area contributed by atoms with Crippen LogP contribution in [0.2, 0.25) is 0 Å². The zero-order valence-electron chi connectivity index (χ0n) is 14.7. The maximum absolute atomic E-state index is 13.2. The lowest BCUT2D eigenvalue weighted by Crippen LogP contribution is -2.29. The van der Waals surface area contributed by atoms with Crippen LogP contribution in [0, 0.1) is 0 Å². The topological polar surface area (TPSA) is 60.9 Å². The second-order valence-electron chi connectivity index (χ2n) is 6.22. The predicted octanol–water partition coefficient (Wildman–Crippen LogP) is 2.35. The number of carbonyl (C=O) groups excluding carboxylic acids is 2. The Kier molecular flexibility index (Phi) is 4.59. The van der Waals surface area contributed by atoms with E-state index >= 15 is 0 Å². The maximum atomic E-state index is 13.2. The molecule has 0 aromatic heterocycles. The highest BCUT2D eigenvalue weighted by Crippen LogP contribution is 2.37. The predicted molar refractivity (Wildman–Crippen MR) is 99.0 cm³/mol. The highest BCUT2D eigenvalue weighted by Gasteiger charge is 2.34. The van der Waals surface area contributed by atoms with Crippen molar-refractivity contribution in [2.24, 2.45) is 0 Å². The molecule has 5 nitrogen and oxygen atoms in total. The molecule has 2 aromatic rings. The van der Waals surface area contributed by atoms with Gasteiger partial charge in [0.2, 0.25) is 0 Å². The molecular weight excluding hydrogens is 316 g/mol. The molecule has 0 fully saturated rings. The number of carbonyl (C=O) groups is 2. The van der Waals surface area contributed by atoms with E-state index in [2.05, 4.69) is 0 Å². The average Bonchev–Trinajstić information content (AvgIpc) is 2.64. The van der Waals surface area contributed by atoms with Crippen molar-refractivity contribution in [3.8, 4) is 0 Å². The zero-order chi connectivity index (χ0) is 18.1. The van der Waals surface area contributed by atoms with E-state index in [1.165, 1.54) is 0 Å². The Morgan fingerprint density at radius 1 is 0.840 bits per heavy atom. The molecular formula is C20H22N2O3. The van der Waals surface area contributed by atoms with Crippen LogP contribution >= 0.6 is 0 Å². The van der Waals surface area contributed by atoms with Crippen LogP contribution in [0.25, 0.3) is 0 Å². The maximum Gasteiger partial charge on any atom is 0.196 e. The third kappa shape index (κ3) is 2.70. The van der Waals surface area contributed by atoms with Crippen molar-refractivity contribution in [1.29, 1.82) is 0 Å². The molecule has 0 aliphatic heterocycles. The molecule has 1 N–H and O–H groups in total. The standard InChI is InChI=1S/C20H22N2O3/c1-4-21(2)15-9-5-7-13-17(15)19(24)14-8-6-10-16(18(14)20(13)25)22(3)11-12-23/h5-10,23H,4,11-12H2,1-3H3. The lowest BCUT2D eigenvalue weighted by atomic mass is 9.82. The van der Waals surface area contributed by atoms with Crippen LogP contribution in [0.5, 0.6) is 0 Å². The van der Waals surface area contributed by atoms with Crippen molar-refractivity contribution >= 4 is 22.9 Å². The summed E-state index contributed by atoms with van der Waals surface area (Å²) in [4.78, 5) is 30.1. The van der Waals surface area contributed by atoms with Gasteiger partial charge >= 0.3 is 0 Å². The van der Waals surface area contributed by atoms with Crippen LogP contribution in [0.15, 0.2) is 36.4 Å². The van der Waals surface area contributed by atoms with Crippen LogP contribution in [0.4, 0.5) is 11.4 Å². The number of hydrogen-bond acceptors (Lipinski definition) is 5. The molecule has 0 spiro atoms. The Balaban J connectivity index is 2.22. The van der Waals surface area contributed by atoms with E-state index in [1.54, 1.807) is 30.1 Å². The molecule has 0 amide bonds. The lowest BCUT2D eigenvalue weighted by molar-refractivity contribution is 0.0980. The third-order valence-electron chi connectivity index (χ3n) is 4.76. The van der Waals surface area contributed by atoms with Crippen molar-refractivity contribution in [3.05, 3.63) is 58.7 Å². The molecule has 0 atom stereocenters. The van der Waals surface area contributed by atoms with Gasteiger partial charge in [-0.25, -0.2) is 0 Å². The molecule has 1 aliphatic rings. The zero-order valence-corrected chi connectivity index (χ0v) is 14.7. The fourth-order valence-electron chi connectivity index (χ4n) is 3.28. The number of hydrogen-bond donors (Lipinski definition) is 1. The van der Waals surface area contributed by atoms with Gasteiger partial charge in [0.05, 0.1) is 17.7 Å². The van der Waals surface area contributed by atoms with Crippen LogP contribution in [0.3, 0.4) is 0 Å². The van der Waals surface area contributed by atoms with Crippen LogP contribution < -0.4 is 9.80 Å². The number of nitrogens with zero attached hydrogens (tertiary/aromatic N) is 2. The minimum atomic E-state index is -0.142. The summed E-state index contributed by atoms with van der Waals surface area (Å²) in [6.07, 6.45) is 0. The van der Waals surface area contributed by atoms with E-state index in [0.29, 0.717) is 34.5 Å². The molecule has 25 heavy (non-hydrogen) atoms. The first-order valence-corrected chi connectivity index (χ1v) is 8.39. The van der Waals surface area contributed by atoms with Crippen molar-refractivity contribution in [1.82, 2.24) is 0 Å². The number of likely N-dealkylation sites (N-methyl/N-ethyl adjacent to an activating group) is 1. The molecule has 0 bridgehead atoms. The van der Waals surface area contributed by atoms with E-state index < -0.39 is 0 Å². The molecule has 1 aliphatic carbocycles. The summed E-state index contributed by atoms with van der Waals surface area (Å²) in [7, 11) is 3.72. The first-order valence-electron chi connectivity index (χ1n) is 8.39. The van der Waals surface area contributed by atoms with Gasteiger partial charge in [0, 0.05) is 49.7 Å². The van der Waals surface area contributed by atoms with Crippen molar-refractivity contribution < 1.29 is 14.7 Å². The lowest BCUT2D eigenvalue weighted by Gasteiger charge is -2.28. The summed E-state index contributed by atoms with van der Waals surface area (Å²) >= 11 is 0. The van der Waals surface area contributed by atoms with Crippen molar-refractivity contribution in [2.75, 3.05) is 43.6 Å². The number of fused-ring (bicyclic) bond motifs is 2. The van der Waals surface area contributed by atoms with Gasteiger partial charge in [-0.05, 0) is 19.1 Å². The summed E-state index contributed by atoms with van der Waals surface area (Å²) in [6, 6.07) is 10.7. The SMILES string of the molecule is CCN(C)c1cccc2c1C(=O)c1cccc(N(C)CCO)c1C2=O. The molecule has 0 saturated carbocycles. The Hall–Kier alpha value is -2.66. The first kappa shape index (κ1) is 17.2. The number of rotatable bonds is 5. The van der Waals surface area contributed by atoms with Gasteiger partial charge in [-0.2, -0.15) is 0 Å². The quantitative estimate of drug-likeness (QED) is 0.774. The van der Waals surface area contributed by atoms with Crippen molar-refractivity contribution in [2.45, 2.75) is 6.92 Å². The molecule has 2 aromatic carbocycles. The largest absolute Gasteiger partial charge is 0.395 e. The molecule has 130 valence electrons. The highest BCUT2D eigenvalue weighted by molar-refractivity contribution is 6.31. The normalized spacial score (nSPS) is 12.6. The first-order chi connectivity index (χ1) is 12.0. The van der Waals surface area contributed by atoms with Gasteiger partial charge in [0.1, 0.15) is 0 Å². The fraction of sp³-hybridized carbons (Fsp3) is 0.300. The summed E-state index contributed by atoms with van der Waals surface area (Å²) in [5.41, 5.74) is 3.22. The molecule has 0 radical (unpaired) electrons. The van der Waals surface area contributed by atoms with Gasteiger partial charge in [-0.1, -0.05) is 24.3 Å². The van der Waals surface area contributed by atoms with Crippen LogP contribution in [-0.2, 0) is 0 Å². The summed E-state index contributed by atoms with van der Waals surface area (Å²) in [5, 5.41) is 9.20. The Morgan fingerprint density at radius 3 is 1.76 bits per heavy atom. The van der Waals surface area contributed by atoms with Crippen LogP contribution in [-0.4, -0.2) is 50.5 Å². The number of anilines is 2. The van der Waals surface area contributed by atoms with Gasteiger partial charge in [-0.3, -0.25) is 9.59 Å². The molecule has 0 unspecified atom stereocenters. The smallest absolute Gasteiger partial charge is 0.196 e. The van der Waals surface area contributed by atoms with E-state index in [-0.39, 0.29) is 18.2 Å². The number of aliphatic hydroxyl groups excluding tert-OH is 1. The number of aliphatic hydroxyl groups is 1. The molecule has 3 rings (SSSR count). The summed E-state index contributed by atoms with van der Waals surface area (Å²) in [6.45, 7) is 3.11. The fourth-order valence-corrected chi connectivity index (χ4v) is 3.28. The Labute approximate surface area is 147 Å². The average molecular weight is 338 g/mol. The summed E-state index contributed by atoms with van der Waals surface area (Å²) in [5.74, 6) is -0.268. The van der Waals surface area contributed by atoms with E-state index in [4.69, 9.17) is 0 Å². The van der Waals surface area contributed by atoms with E-state index in [1.807, 2.05) is 37.1 Å². The molecule has 0 heterocycles. The highest BCUT2D eigenvalue weighted by atomic mass is 16.3. The minimum Gasteiger partial charge on any atom is -0.395 e. The second-order valence-corrected chi connectivity index (χ2v) is 6.22. The minimum absolute atomic E-state index is 0.0235. The Bertz CT molecular complexity index is 845. The van der Waals surface area contributed by atoms with E-state index in [0.717, 1.165) is 12.2 Å². The second kappa shape index (κ2) is 6.69.